The van der Waals surface area contributed by atoms with Crippen LogP contribution in [0.3, 0.4) is 0 Å². The van der Waals surface area contributed by atoms with Gasteiger partial charge >= 0.3 is 0 Å². The number of thioether (sulfide) groups is 1. The third-order valence-electron chi connectivity index (χ3n) is 3.87. The van der Waals surface area contributed by atoms with E-state index in [1.807, 2.05) is 30.8 Å². The molecule has 144 valence electrons. The number of nitrogens with zero attached hydrogens (tertiary/aromatic N) is 2. The lowest BCUT2D eigenvalue weighted by Crippen LogP contribution is -2.51. The Hall–Kier alpha value is -0.410. The minimum Gasteiger partial charge on any atom is -0.469 e. The molecule has 5 nitrogen and oxygen atoms in total. The molecule has 0 saturated carbocycles. The minimum atomic E-state index is 0. The van der Waals surface area contributed by atoms with E-state index in [2.05, 4.69) is 24.1 Å². The van der Waals surface area contributed by atoms with E-state index >= 15 is 0 Å². The van der Waals surface area contributed by atoms with Crippen LogP contribution in [0.1, 0.15) is 33.0 Å². The Balaban J connectivity index is 0.00000312. The van der Waals surface area contributed by atoms with Crippen LogP contribution in [-0.4, -0.2) is 60.8 Å². The summed E-state index contributed by atoms with van der Waals surface area (Å²) in [5, 5.41) is 3.52. The summed E-state index contributed by atoms with van der Waals surface area (Å²) in [7, 11) is 0. The van der Waals surface area contributed by atoms with Crippen molar-refractivity contribution in [2.24, 2.45) is 4.99 Å². The highest BCUT2D eigenvalue weighted by atomic mass is 127. The first-order chi connectivity index (χ1) is 11.6. The molecule has 1 saturated heterocycles. The van der Waals surface area contributed by atoms with Crippen molar-refractivity contribution in [3.05, 3.63) is 24.2 Å². The third kappa shape index (κ3) is 8.68. The van der Waals surface area contributed by atoms with Crippen LogP contribution in [0.25, 0.3) is 0 Å². The molecule has 1 aromatic rings. The zero-order valence-electron chi connectivity index (χ0n) is 15.6. The maximum Gasteiger partial charge on any atom is 0.194 e. The summed E-state index contributed by atoms with van der Waals surface area (Å²) in [6.45, 7) is 11.9. The fourth-order valence-corrected chi connectivity index (χ4v) is 3.82. The fraction of sp³-hybridized carbons (Fsp3) is 0.722. The Labute approximate surface area is 173 Å². The standard InChI is InChI=1S/C18H31N3O2S.HI/c1-4-22-12-6-9-19-17(20-10-8-16-7-5-13-23-16)21-11-14-24-18(2,3)15-21;/h5,7,13H,4,6,8-12,14-15H2,1-3H3,(H,19,20);1H. The molecule has 0 amide bonds. The van der Waals surface area contributed by atoms with Crippen molar-refractivity contribution >= 4 is 41.7 Å². The highest BCUT2D eigenvalue weighted by Gasteiger charge is 2.28. The second-order valence-electron chi connectivity index (χ2n) is 6.54. The van der Waals surface area contributed by atoms with Crippen LogP contribution in [0, 0.1) is 0 Å². The monoisotopic (exact) mass is 481 g/mol. The smallest absolute Gasteiger partial charge is 0.194 e. The molecule has 0 radical (unpaired) electrons. The van der Waals surface area contributed by atoms with E-state index in [0.717, 1.165) is 69.7 Å². The summed E-state index contributed by atoms with van der Waals surface area (Å²) in [6, 6.07) is 3.95. The molecule has 0 unspecified atom stereocenters. The predicted molar refractivity (Wildman–Crippen MR) is 117 cm³/mol. The number of rotatable bonds is 8. The lowest BCUT2D eigenvalue weighted by molar-refractivity contribution is 0.146. The van der Waals surface area contributed by atoms with Crippen LogP contribution in [-0.2, 0) is 11.2 Å². The first kappa shape index (κ1) is 22.6. The molecule has 0 bridgehead atoms. The number of hydrogen-bond acceptors (Lipinski definition) is 4. The summed E-state index contributed by atoms with van der Waals surface area (Å²) in [4.78, 5) is 7.20. The fourth-order valence-electron chi connectivity index (χ4n) is 2.71. The summed E-state index contributed by atoms with van der Waals surface area (Å²) >= 11 is 2.04. The SMILES string of the molecule is CCOCCCN=C(NCCc1ccco1)N1CCSC(C)(C)C1.I. The molecular weight excluding hydrogens is 449 g/mol. The number of furan rings is 1. The van der Waals surface area contributed by atoms with Crippen LogP contribution in [0.5, 0.6) is 0 Å². The van der Waals surface area contributed by atoms with E-state index < -0.39 is 0 Å². The van der Waals surface area contributed by atoms with Gasteiger partial charge in [-0.25, -0.2) is 0 Å². The molecule has 2 rings (SSSR count). The Morgan fingerprint density at radius 3 is 3.00 bits per heavy atom. The van der Waals surface area contributed by atoms with Gasteiger partial charge in [0.15, 0.2) is 5.96 Å². The number of halogens is 1. The second-order valence-corrected chi connectivity index (χ2v) is 8.34. The largest absolute Gasteiger partial charge is 0.469 e. The lowest BCUT2D eigenvalue weighted by Gasteiger charge is -2.39. The van der Waals surface area contributed by atoms with Gasteiger partial charge in [0.2, 0.25) is 0 Å². The first-order valence-corrected chi connectivity index (χ1v) is 9.86. The Kier molecular flexibility index (Phi) is 10.9. The summed E-state index contributed by atoms with van der Waals surface area (Å²) in [5.41, 5.74) is 0. The van der Waals surface area contributed by atoms with Gasteiger partial charge in [-0.3, -0.25) is 4.99 Å². The minimum absolute atomic E-state index is 0. The van der Waals surface area contributed by atoms with Gasteiger partial charge in [-0.05, 0) is 39.3 Å². The highest BCUT2D eigenvalue weighted by Crippen LogP contribution is 2.29. The molecule has 1 N–H and O–H groups in total. The summed E-state index contributed by atoms with van der Waals surface area (Å²) in [6.07, 6.45) is 3.56. The van der Waals surface area contributed by atoms with Crippen molar-refractivity contribution in [3.8, 4) is 0 Å². The maximum atomic E-state index is 5.41. The van der Waals surface area contributed by atoms with Crippen molar-refractivity contribution in [1.82, 2.24) is 10.2 Å². The third-order valence-corrected chi connectivity index (χ3v) is 5.17. The molecule has 2 heterocycles. The number of guanidine groups is 1. The summed E-state index contributed by atoms with van der Waals surface area (Å²) < 4.78 is 11.1. The van der Waals surface area contributed by atoms with E-state index in [1.54, 1.807) is 6.26 Å². The second kappa shape index (κ2) is 12.1. The van der Waals surface area contributed by atoms with Gasteiger partial charge in [0.1, 0.15) is 5.76 Å². The molecule has 7 heteroatoms. The zero-order chi connectivity index (χ0) is 17.3. The topological polar surface area (TPSA) is 50.0 Å². The van der Waals surface area contributed by atoms with E-state index in [-0.39, 0.29) is 28.7 Å². The molecule has 1 aliphatic heterocycles. The van der Waals surface area contributed by atoms with E-state index in [0.29, 0.717) is 0 Å². The van der Waals surface area contributed by atoms with Gasteiger partial charge < -0.3 is 19.4 Å². The Morgan fingerprint density at radius 1 is 1.48 bits per heavy atom. The normalized spacial score (nSPS) is 17.2. The van der Waals surface area contributed by atoms with Crippen LogP contribution in [0.15, 0.2) is 27.8 Å². The first-order valence-electron chi connectivity index (χ1n) is 8.88. The van der Waals surface area contributed by atoms with Crippen LogP contribution in [0.2, 0.25) is 0 Å². The van der Waals surface area contributed by atoms with Crippen molar-refractivity contribution in [1.29, 1.82) is 0 Å². The van der Waals surface area contributed by atoms with Crippen molar-refractivity contribution in [3.63, 3.8) is 0 Å². The highest BCUT2D eigenvalue weighted by molar-refractivity contribution is 14.0. The van der Waals surface area contributed by atoms with Gasteiger partial charge in [0.05, 0.1) is 6.26 Å². The molecule has 25 heavy (non-hydrogen) atoms. The van der Waals surface area contributed by atoms with Crippen molar-refractivity contribution < 1.29 is 9.15 Å². The van der Waals surface area contributed by atoms with Crippen LogP contribution in [0.4, 0.5) is 0 Å². The molecule has 0 aromatic carbocycles. The maximum absolute atomic E-state index is 5.41. The number of nitrogens with one attached hydrogen (secondary N) is 1. The number of aliphatic imine (C=N–C) groups is 1. The van der Waals surface area contributed by atoms with Gasteiger partial charge in [0, 0.05) is 56.3 Å². The average molecular weight is 481 g/mol. The molecule has 1 aliphatic rings. The molecular formula is C18H32IN3O2S. The quantitative estimate of drug-likeness (QED) is 0.266. The van der Waals surface area contributed by atoms with Crippen molar-refractivity contribution in [2.75, 3.05) is 45.1 Å². The van der Waals surface area contributed by atoms with E-state index in [1.165, 1.54) is 0 Å². The molecule has 0 atom stereocenters. The average Bonchev–Trinajstić information content (AvgIpc) is 3.05. The Bertz CT molecular complexity index is 495. The molecule has 1 aromatic heterocycles. The number of ether oxygens (including phenoxy) is 1. The van der Waals surface area contributed by atoms with Gasteiger partial charge in [0.25, 0.3) is 0 Å². The van der Waals surface area contributed by atoms with Crippen molar-refractivity contribution in [2.45, 2.75) is 38.4 Å². The lowest BCUT2D eigenvalue weighted by atomic mass is 10.2. The molecule has 1 fully saturated rings. The zero-order valence-corrected chi connectivity index (χ0v) is 18.8. The van der Waals surface area contributed by atoms with E-state index in [4.69, 9.17) is 14.1 Å². The number of hydrogen-bond donors (Lipinski definition) is 1. The van der Waals surface area contributed by atoms with Gasteiger partial charge in [-0.15, -0.1) is 24.0 Å². The Morgan fingerprint density at radius 2 is 2.32 bits per heavy atom. The van der Waals surface area contributed by atoms with E-state index in [9.17, 15) is 0 Å². The summed E-state index contributed by atoms with van der Waals surface area (Å²) in [5.74, 6) is 3.17. The molecule has 0 spiro atoms. The van der Waals surface area contributed by atoms with Gasteiger partial charge in [-0.2, -0.15) is 11.8 Å². The predicted octanol–water partition coefficient (Wildman–Crippen LogP) is 3.64. The van der Waals surface area contributed by atoms with Crippen LogP contribution >= 0.6 is 35.7 Å². The van der Waals surface area contributed by atoms with Gasteiger partial charge in [-0.1, -0.05) is 0 Å². The molecule has 0 aliphatic carbocycles. The van der Waals surface area contributed by atoms with Crippen LogP contribution < -0.4 is 5.32 Å².